The molecule has 1 atom stereocenters. The number of carbonyl (C=O) groups is 1. The zero-order valence-electron chi connectivity index (χ0n) is 11.9. The first-order chi connectivity index (χ1) is 9.85. The van der Waals surface area contributed by atoms with Gasteiger partial charge in [-0.3, -0.25) is 0 Å². The molecule has 2 heterocycles. The number of sulfonamides is 1. The average Bonchev–Trinajstić information content (AvgIpc) is 2.97. The Morgan fingerprint density at radius 1 is 1.62 bits per heavy atom. The van der Waals surface area contributed by atoms with Crippen molar-refractivity contribution in [2.75, 3.05) is 25.4 Å². The molecule has 1 fully saturated rings. The molecule has 0 aliphatic carbocycles. The molecule has 1 aliphatic heterocycles. The second-order valence-electron chi connectivity index (χ2n) is 5.27. The number of hydrogen-bond donors (Lipinski definition) is 2. The van der Waals surface area contributed by atoms with E-state index in [-0.39, 0.29) is 17.7 Å². The van der Waals surface area contributed by atoms with Crippen molar-refractivity contribution in [1.82, 2.24) is 15.2 Å². The number of thiazole rings is 1. The number of urea groups is 1. The van der Waals surface area contributed by atoms with Gasteiger partial charge in [-0.05, 0) is 19.3 Å². The molecule has 0 unspecified atom stereocenters. The molecule has 0 spiro atoms. The Kier molecular flexibility index (Phi) is 5.17. The molecule has 1 saturated heterocycles. The topological polar surface area (TPSA) is 105 Å². The summed E-state index contributed by atoms with van der Waals surface area (Å²) in [6.07, 6.45) is 1.44. The molecule has 7 nitrogen and oxygen atoms in total. The number of rotatable bonds is 5. The summed E-state index contributed by atoms with van der Waals surface area (Å²) < 4.78 is 22.1. The van der Waals surface area contributed by atoms with E-state index in [4.69, 9.17) is 5.14 Å². The van der Waals surface area contributed by atoms with Crippen molar-refractivity contribution in [1.29, 1.82) is 0 Å². The molecule has 21 heavy (non-hydrogen) atoms. The van der Waals surface area contributed by atoms with Crippen LogP contribution in [0.4, 0.5) is 4.79 Å². The highest BCUT2D eigenvalue weighted by atomic mass is 32.2. The Labute approximate surface area is 128 Å². The molecule has 2 amide bonds. The van der Waals surface area contributed by atoms with E-state index >= 15 is 0 Å². The van der Waals surface area contributed by atoms with Crippen molar-refractivity contribution >= 4 is 27.4 Å². The number of likely N-dealkylation sites (tertiary alicyclic amines) is 1. The van der Waals surface area contributed by atoms with Crippen molar-refractivity contribution in [3.63, 3.8) is 0 Å². The summed E-state index contributed by atoms with van der Waals surface area (Å²) in [4.78, 5) is 19.0. The Hall–Kier alpha value is -1.19. The van der Waals surface area contributed by atoms with Gasteiger partial charge < -0.3 is 10.2 Å². The third-order valence-electron chi connectivity index (χ3n) is 3.51. The summed E-state index contributed by atoms with van der Waals surface area (Å²) in [6, 6.07) is -0.144. The lowest BCUT2D eigenvalue weighted by Gasteiger charge is -2.17. The quantitative estimate of drug-likeness (QED) is 0.809. The van der Waals surface area contributed by atoms with E-state index in [1.54, 1.807) is 21.7 Å². The predicted molar refractivity (Wildman–Crippen MR) is 81.6 cm³/mol. The van der Waals surface area contributed by atoms with Crippen LogP contribution in [0.25, 0.3) is 0 Å². The van der Waals surface area contributed by atoms with E-state index in [1.165, 1.54) is 4.88 Å². The fourth-order valence-electron chi connectivity index (χ4n) is 2.44. The maximum atomic E-state index is 12.0. The first-order valence-electron chi connectivity index (χ1n) is 6.77. The van der Waals surface area contributed by atoms with Crippen molar-refractivity contribution in [3.8, 4) is 0 Å². The number of hydrogen-bond acceptors (Lipinski definition) is 5. The highest BCUT2D eigenvalue weighted by Gasteiger charge is 2.28. The average molecular weight is 332 g/mol. The van der Waals surface area contributed by atoms with Gasteiger partial charge in [0.1, 0.15) is 0 Å². The van der Waals surface area contributed by atoms with Crippen LogP contribution in [0, 0.1) is 12.8 Å². The summed E-state index contributed by atoms with van der Waals surface area (Å²) in [5, 5.41) is 7.89. The maximum Gasteiger partial charge on any atom is 0.317 e. The molecule has 0 bridgehead atoms. The van der Waals surface area contributed by atoms with Gasteiger partial charge in [-0.25, -0.2) is 23.3 Å². The van der Waals surface area contributed by atoms with Crippen LogP contribution in [0.2, 0.25) is 0 Å². The number of carbonyl (C=O) groups excluding carboxylic acids is 1. The Balaban J connectivity index is 1.73. The van der Waals surface area contributed by atoms with Crippen LogP contribution >= 0.6 is 11.3 Å². The molecule has 9 heteroatoms. The zero-order chi connectivity index (χ0) is 15.5. The predicted octanol–water partition coefficient (Wildman–Crippen LogP) is 0.314. The van der Waals surface area contributed by atoms with Crippen molar-refractivity contribution in [2.45, 2.75) is 19.8 Å². The van der Waals surface area contributed by atoms with E-state index in [0.29, 0.717) is 26.1 Å². The number of nitrogens with two attached hydrogens (primary N) is 1. The smallest absolute Gasteiger partial charge is 0.317 e. The third-order valence-corrected chi connectivity index (χ3v) is 5.45. The minimum Gasteiger partial charge on any atom is -0.338 e. The van der Waals surface area contributed by atoms with Gasteiger partial charge in [0.25, 0.3) is 0 Å². The van der Waals surface area contributed by atoms with Crippen LogP contribution in [-0.4, -0.2) is 49.7 Å². The molecule has 1 aliphatic rings. The minimum atomic E-state index is -3.47. The number of aryl methyl sites for hydroxylation is 1. The van der Waals surface area contributed by atoms with Gasteiger partial charge in [-0.15, -0.1) is 11.3 Å². The second kappa shape index (κ2) is 6.71. The summed E-state index contributed by atoms with van der Waals surface area (Å²) in [5.74, 6) is -0.119. The lowest BCUT2D eigenvalue weighted by atomic mass is 10.2. The fourth-order valence-corrected chi connectivity index (χ4v) is 4.15. The van der Waals surface area contributed by atoms with Crippen LogP contribution in [0.1, 0.15) is 17.0 Å². The second-order valence-corrected chi connectivity index (χ2v) is 7.87. The van der Waals surface area contributed by atoms with Crippen LogP contribution in [0.3, 0.4) is 0 Å². The molecule has 0 saturated carbocycles. The van der Waals surface area contributed by atoms with Crippen LogP contribution in [0.5, 0.6) is 0 Å². The first-order valence-corrected chi connectivity index (χ1v) is 9.37. The van der Waals surface area contributed by atoms with Gasteiger partial charge in [0, 0.05) is 30.9 Å². The lowest BCUT2D eigenvalue weighted by molar-refractivity contribution is 0.207. The van der Waals surface area contributed by atoms with Crippen LogP contribution in [-0.2, 0) is 16.4 Å². The van der Waals surface area contributed by atoms with Gasteiger partial charge in [0.05, 0.1) is 17.0 Å². The van der Waals surface area contributed by atoms with Crippen molar-refractivity contribution in [3.05, 3.63) is 16.1 Å². The standard InChI is InChI=1S/C12H20N4O3S2/c1-9-11(20-8-15-9)2-4-14-12(17)16-5-3-10(6-16)7-21(13,18)19/h8,10H,2-7H2,1H3,(H,14,17)(H2,13,18,19)/t10-/m0/s1. The summed E-state index contributed by atoms with van der Waals surface area (Å²) in [5.41, 5.74) is 2.80. The van der Waals surface area contributed by atoms with Gasteiger partial charge in [-0.1, -0.05) is 0 Å². The fraction of sp³-hybridized carbons (Fsp3) is 0.667. The van der Waals surface area contributed by atoms with Crippen molar-refractivity contribution in [2.24, 2.45) is 11.1 Å². The molecular formula is C12H20N4O3S2. The van der Waals surface area contributed by atoms with E-state index in [9.17, 15) is 13.2 Å². The number of primary sulfonamides is 1. The highest BCUT2D eigenvalue weighted by Crippen LogP contribution is 2.17. The van der Waals surface area contributed by atoms with Gasteiger partial charge in [0.15, 0.2) is 0 Å². The largest absolute Gasteiger partial charge is 0.338 e. The van der Waals surface area contributed by atoms with E-state index in [1.807, 2.05) is 6.92 Å². The summed E-state index contributed by atoms with van der Waals surface area (Å²) in [6.45, 7) is 3.53. The maximum absolute atomic E-state index is 12.0. The molecule has 0 aromatic carbocycles. The molecule has 1 aromatic heterocycles. The molecule has 1 aromatic rings. The molecule has 0 radical (unpaired) electrons. The summed E-state index contributed by atoms with van der Waals surface area (Å²) in [7, 11) is -3.47. The SMILES string of the molecule is Cc1ncsc1CCNC(=O)N1CC[C@H](CS(N)(=O)=O)C1. The Bertz CT molecular complexity index is 599. The molecular weight excluding hydrogens is 312 g/mol. The molecule has 118 valence electrons. The minimum absolute atomic E-state index is 0.0587. The van der Waals surface area contributed by atoms with E-state index in [2.05, 4.69) is 10.3 Å². The van der Waals surface area contributed by atoms with E-state index in [0.717, 1.165) is 12.1 Å². The zero-order valence-corrected chi connectivity index (χ0v) is 13.5. The van der Waals surface area contributed by atoms with Crippen LogP contribution in [0.15, 0.2) is 5.51 Å². The lowest BCUT2D eigenvalue weighted by Crippen LogP contribution is -2.39. The number of amides is 2. The van der Waals surface area contributed by atoms with Crippen LogP contribution < -0.4 is 10.5 Å². The number of aromatic nitrogens is 1. The third kappa shape index (κ3) is 4.94. The summed E-state index contributed by atoms with van der Waals surface area (Å²) >= 11 is 1.58. The van der Waals surface area contributed by atoms with E-state index < -0.39 is 10.0 Å². The molecule has 2 rings (SSSR count). The number of nitrogens with one attached hydrogen (secondary N) is 1. The highest BCUT2D eigenvalue weighted by molar-refractivity contribution is 7.89. The Morgan fingerprint density at radius 3 is 3.00 bits per heavy atom. The van der Waals surface area contributed by atoms with Gasteiger partial charge in [0.2, 0.25) is 10.0 Å². The Morgan fingerprint density at radius 2 is 2.38 bits per heavy atom. The molecule has 3 N–H and O–H groups in total. The monoisotopic (exact) mass is 332 g/mol. The number of nitrogens with zero attached hydrogens (tertiary/aromatic N) is 2. The van der Waals surface area contributed by atoms with Gasteiger partial charge >= 0.3 is 6.03 Å². The van der Waals surface area contributed by atoms with Gasteiger partial charge in [-0.2, -0.15) is 0 Å². The normalized spacial score (nSPS) is 19.0. The first kappa shape index (κ1) is 16.2. The van der Waals surface area contributed by atoms with Crippen molar-refractivity contribution < 1.29 is 13.2 Å².